The molecule has 0 saturated heterocycles. The van der Waals surface area contributed by atoms with Crippen molar-refractivity contribution in [2.75, 3.05) is 34.0 Å². The second-order valence-corrected chi connectivity index (χ2v) is 5.20. The third kappa shape index (κ3) is 6.37. The lowest BCUT2D eigenvalue weighted by Gasteiger charge is -2.24. The molecular formula is C18H31NO4. The van der Waals surface area contributed by atoms with Crippen molar-refractivity contribution < 1.29 is 18.9 Å². The van der Waals surface area contributed by atoms with Crippen LogP contribution in [0.5, 0.6) is 11.5 Å². The summed E-state index contributed by atoms with van der Waals surface area (Å²) in [5.41, 5.74) is 1.18. The van der Waals surface area contributed by atoms with Crippen molar-refractivity contribution in [2.45, 2.75) is 45.9 Å². The van der Waals surface area contributed by atoms with Gasteiger partial charge in [0.05, 0.1) is 14.2 Å². The third-order valence-corrected chi connectivity index (χ3v) is 3.62. The van der Waals surface area contributed by atoms with Crippen LogP contribution >= 0.6 is 0 Å². The first-order valence-electron chi connectivity index (χ1n) is 8.38. The first-order chi connectivity index (χ1) is 11.2. The highest BCUT2D eigenvalue weighted by Gasteiger charge is 2.16. The van der Waals surface area contributed by atoms with Crippen molar-refractivity contribution in [3.05, 3.63) is 23.8 Å². The van der Waals surface area contributed by atoms with Gasteiger partial charge in [0, 0.05) is 25.8 Å². The molecule has 1 N–H and O–H groups in total. The summed E-state index contributed by atoms with van der Waals surface area (Å²) in [5, 5.41) is 3.55. The molecule has 0 aliphatic carbocycles. The van der Waals surface area contributed by atoms with Crippen LogP contribution in [0.4, 0.5) is 0 Å². The zero-order valence-corrected chi connectivity index (χ0v) is 15.1. The lowest BCUT2D eigenvalue weighted by atomic mass is 10.0. The average molecular weight is 325 g/mol. The van der Waals surface area contributed by atoms with Crippen molar-refractivity contribution in [3.63, 3.8) is 0 Å². The summed E-state index contributed by atoms with van der Waals surface area (Å²) in [7, 11) is 3.30. The second-order valence-electron chi connectivity index (χ2n) is 5.20. The third-order valence-electron chi connectivity index (χ3n) is 3.62. The minimum absolute atomic E-state index is 0.218. The topological polar surface area (TPSA) is 49.0 Å². The summed E-state index contributed by atoms with van der Waals surface area (Å²) in [4.78, 5) is 0. The molecule has 0 aliphatic rings. The molecule has 0 bridgehead atoms. The molecule has 0 radical (unpaired) electrons. The summed E-state index contributed by atoms with van der Waals surface area (Å²) in [6.07, 6.45) is 1.89. The Morgan fingerprint density at radius 3 is 2.13 bits per heavy atom. The summed E-state index contributed by atoms with van der Waals surface area (Å²) >= 11 is 0. The monoisotopic (exact) mass is 325 g/mol. The fraction of sp³-hybridized carbons (Fsp3) is 0.667. The molecule has 0 saturated carbocycles. The van der Waals surface area contributed by atoms with Crippen molar-refractivity contribution in [2.24, 2.45) is 0 Å². The first kappa shape index (κ1) is 19.7. The van der Waals surface area contributed by atoms with Crippen LogP contribution in [0.3, 0.4) is 0 Å². The van der Waals surface area contributed by atoms with Crippen LogP contribution in [-0.2, 0) is 9.47 Å². The zero-order chi connectivity index (χ0) is 17.1. The van der Waals surface area contributed by atoms with Gasteiger partial charge in [0.1, 0.15) is 0 Å². The Bertz CT molecular complexity index is 433. The first-order valence-corrected chi connectivity index (χ1v) is 8.38. The van der Waals surface area contributed by atoms with Crippen LogP contribution in [-0.4, -0.2) is 40.3 Å². The lowest BCUT2D eigenvalue weighted by molar-refractivity contribution is -0.133. The second kappa shape index (κ2) is 11.3. The van der Waals surface area contributed by atoms with E-state index in [2.05, 4.69) is 18.3 Å². The Morgan fingerprint density at radius 2 is 1.61 bits per heavy atom. The van der Waals surface area contributed by atoms with Gasteiger partial charge in [-0.3, -0.25) is 0 Å². The molecule has 132 valence electrons. The number of nitrogens with one attached hydrogen (secondary N) is 1. The van der Waals surface area contributed by atoms with E-state index >= 15 is 0 Å². The highest BCUT2D eigenvalue weighted by Crippen LogP contribution is 2.31. The van der Waals surface area contributed by atoms with Crippen molar-refractivity contribution >= 4 is 0 Å². The van der Waals surface area contributed by atoms with E-state index in [-0.39, 0.29) is 12.3 Å². The minimum atomic E-state index is -0.218. The smallest absolute Gasteiger partial charge is 0.169 e. The van der Waals surface area contributed by atoms with Gasteiger partial charge < -0.3 is 24.3 Å². The van der Waals surface area contributed by atoms with Crippen LogP contribution in [0.2, 0.25) is 0 Å². The Morgan fingerprint density at radius 1 is 0.957 bits per heavy atom. The van der Waals surface area contributed by atoms with Gasteiger partial charge in [0.2, 0.25) is 0 Å². The molecule has 23 heavy (non-hydrogen) atoms. The maximum Gasteiger partial charge on any atom is 0.169 e. The van der Waals surface area contributed by atoms with Gasteiger partial charge in [0.25, 0.3) is 0 Å². The van der Waals surface area contributed by atoms with E-state index in [9.17, 15) is 0 Å². The molecule has 1 atom stereocenters. The van der Waals surface area contributed by atoms with E-state index in [1.165, 1.54) is 5.56 Å². The lowest BCUT2D eigenvalue weighted by Crippen LogP contribution is -2.34. The van der Waals surface area contributed by atoms with Gasteiger partial charge in [-0.05, 0) is 38.0 Å². The molecule has 1 aromatic rings. The Balaban J connectivity index is 2.80. The number of benzene rings is 1. The quantitative estimate of drug-likeness (QED) is 0.596. The molecule has 0 aliphatic heterocycles. The summed E-state index contributed by atoms with van der Waals surface area (Å²) in [6, 6.07) is 6.28. The maximum absolute atomic E-state index is 5.60. The highest BCUT2D eigenvalue weighted by molar-refractivity contribution is 5.43. The summed E-state index contributed by atoms with van der Waals surface area (Å²) < 4.78 is 21.9. The van der Waals surface area contributed by atoms with Gasteiger partial charge in [0.15, 0.2) is 17.8 Å². The van der Waals surface area contributed by atoms with E-state index in [1.54, 1.807) is 14.2 Å². The molecule has 5 nitrogen and oxygen atoms in total. The van der Waals surface area contributed by atoms with Gasteiger partial charge in [-0.15, -0.1) is 0 Å². The van der Waals surface area contributed by atoms with Crippen LogP contribution in [0.1, 0.15) is 45.2 Å². The number of rotatable bonds is 12. The normalized spacial score (nSPS) is 12.4. The van der Waals surface area contributed by atoms with E-state index in [0.717, 1.165) is 24.3 Å². The van der Waals surface area contributed by atoms with Crippen LogP contribution < -0.4 is 14.8 Å². The standard InChI is InChI=1S/C18H31NO4/c1-6-9-15(19-13-18(22-7-2)23-8-3)14-10-11-16(20-4)17(12-14)21-5/h10-12,15,18-19H,6-9,13H2,1-5H3/t15-/m0/s1. The van der Waals surface area contributed by atoms with Crippen LogP contribution in [0, 0.1) is 0 Å². The Kier molecular flexibility index (Phi) is 9.67. The zero-order valence-electron chi connectivity index (χ0n) is 15.1. The van der Waals surface area contributed by atoms with Gasteiger partial charge in [-0.25, -0.2) is 0 Å². The number of hydrogen-bond donors (Lipinski definition) is 1. The molecule has 0 spiro atoms. The fourth-order valence-electron chi connectivity index (χ4n) is 2.52. The Labute approximate surface area is 140 Å². The van der Waals surface area contributed by atoms with Crippen molar-refractivity contribution in [3.8, 4) is 11.5 Å². The molecule has 1 aromatic carbocycles. The van der Waals surface area contributed by atoms with Gasteiger partial charge in [-0.2, -0.15) is 0 Å². The predicted octanol–water partition coefficient (Wildman–Crippen LogP) is 3.53. The number of ether oxygens (including phenoxy) is 4. The molecule has 0 unspecified atom stereocenters. The number of methoxy groups -OCH3 is 2. The SMILES string of the molecule is CCC[C@H](NCC(OCC)OCC)c1ccc(OC)c(OC)c1. The van der Waals surface area contributed by atoms with Gasteiger partial charge in [-0.1, -0.05) is 19.4 Å². The minimum Gasteiger partial charge on any atom is -0.493 e. The number of hydrogen-bond acceptors (Lipinski definition) is 5. The largest absolute Gasteiger partial charge is 0.493 e. The summed E-state index contributed by atoms with van der Waals surface area (Å²) in [6.45, 7) is 8.06. The molecule has 5 heteroatoms. The molecule has 0 heterocycles. The van der Waals surface area contributed by atoms with E-state index < -0.39 is 0 Å². The van der Waals surface area contributed by atoms with E-state index in [4.69, 9.17) is 18.9 Å². The molecule has 0 fully saturated rings. The molecule has 0 aromatic heterocycles. The van der Waals surface area contributed by atoms with Crippen LogP contribution in [0.15, 0.2) is 18.2 Å². The van der Waals surface area contributed by atoms with Crippen molar-refractivity contribution in [1.29, 1.82) is 0 Å². The fourth-order valence-corrected chi connectivity index (χ4v) is 2.52. The average Bonchev–Trinajstić information content (AvgIpc) is 2.58. The highest BCUT2D eigenvalue weighted by atomic mass is 16.7. The maximum atomic E-state index is 5.60. The predicted molar refractivity (Wildman–Crippen MR) is 92.2 cm³/mol. The molecule has 0 amide bonds. The van der Waals surface area contributed by atoms with E-state index in [0.29, 0.717) is 19.8 Å². The Hall–Kier alpha value is -1.30. The van der Waals surface area contributed by atoms with Gasteiger partial charge >= 0.3 is 0 Å². The molecule has 1 rings (SSSR count). The summed E-state index contributed by atoms with van der Waals surface area (Å²) in [5.74, 6) is 1.49. The van der Waals surface area contributed by atoms with E-state index in [1.807, 2.05) is 26.0 Å². The van der Waals surface area contributed by atoms with Crippen molar-refractivity contribution in [1.82, 2.24) is 5.32 Å². The van der Waals surface area contributed by atoms with Crippen LogP contribution in [0.25, 0.3) is 0 Å². The molecular weight excluding hydrogens is 294 g/mol.